The summed E-state index contributed by atoms with van der Waals surface area (Å²) < 4.78 is 10.7. The van der Waals surface area contributed by atoms with Crippen molar-refractivity contribution in [3.8, 4) is 5.75 Å². The molecule has 0 saturated carbocycles. The first-order valence-electron chi connectivity index (χ1n) is 4.63. The number of rotatable bonds is 3. The number of carbonyl (C=O) groups is 1. The first kappa shape index (κ1) is 11.0. The van der Waals surface area contributed by atoms with E-state index in [2.05, 4.69) is 15.9 Å². The molecule has 4 heteroatoms. The molecule has 0 N–H and O–H groups in total. The number of halogens is 1. The Bertz CT molecular complexity index is 503. The Kier molecular flexibility index (Phi) is 3.10. The minimum Gasteiger partial charge on any atom is -0.496 e. The fourth-order valence-corrected chi connectivity index (χ4v) is 1.91. The zero-order valence-corrected chi connectivity index (χ0v) is 10.2. The minimum atomic E-state index is -0.0721. The number of carbonyl (C=O) groups excluding carboxylic acids is 1. The number of furan rings is 1. The molecule has 0 spiro atoms. The maximum absolute atomic E-state index is 11.9. The molecule has 0 aliphatic heterocycles. The highest BCUT2D eigenvalue weighted by atomic mass is 79.9. The van der Waals surface area contributed by atoms with Crippen LogP contribution in [0.4, 0.5) is 0 Å². The van der Waals surface area contributed by atoms with E-state index in [0.29, 0.717) is 16.9 Å². The van der Waals surface area contributed by atoms with Gasteiger partial charge >= 0.3 is 0 Å². The third-order valence-electron chi connectivity index (χ3n) is 2.20. The standard InChI is InChI=1S/C12H9BrO3/c1-15-11-3-2-8(6-10(11)13)12(14)9-4-5-16-7-9/h2-7H,1H3. The Morgan fingerprint density at radius 3 is 2.69 bits per heavy atom. The van der Waals surface area contributed by atoms with Crippen molar-refractivity contribution in [3.05, 3.63) is 52.4 Å². The molecule has 2 rings (SSSR count). The third kappa shape index (κ3) is 2.02. The smallest absolute Gasteiger partial charge is 0.196 e. The van der Waals surface area contributed by atoms with E-state index in [0.717, 1.165) is 4.47 Å². The predicted octanol–water partition coefficient (Wildman–Crippen LogP) is 3.28. The topological polar surface area (TPSA) is 39.4 Å². The molecule has 2 aromatic rings. The van der Waals surface area contributed by atoms with Gasteiger partial charge in [-0.3, -0.25) is 4.79 Å². The van der Waals surface area contributed by atoms with E-state index in [-0.39, 0.29) is 5.78 Å². The first-order chi connectivity index (χ1) is 7.72. The van der Waals surface area contributed by atoms with Gasteiger partial charge in [-0.25, -0.2) is 0 Å². The van der Waals surface area contributed by atoms with Crippen molar-refractivity contribution in [2.45, 2.75) is 0 Å². The second-order valence-corrected chi connectivity index (χ2v) is 4.04. The van der Waals surface area contributed by atoms with Gasteiger partial charge in [0.25, 0.3) is 0 Å². The first-order valence-corrected chi connectivity index (χ1v) is 5.42. The molecule has 82 valence electrons. The van der Waals surface area contributed by atoms with Gasteiger partial charge in [-0.15, -0.1) is 0 Å². The molecule has 1 aromatic heterocycles. The van der Waals surface area contributed by atoms with E-state index in [1.54, 1.807) is 31.4 Å². The predicted molar refractivity (Wildman–Crippen MR) is 62.8 cm³/mol. The van der Waals surface area contributed by atoms with Crippen molar-refractivity contribution >= 4 is 21.7 Å². The number of hydrogen-bond donors (Lipinski definition) is 0. The van der Waals surface area contributed by atoms with Gasteiger partial charge in [-0.2, -0.15) is 0 Å². The highest BCUT2D eigenvalue weighted by Gasteiger charge is 2.11. The molecule has 0 bridgehead atoms. The Morgan fingerprint density at radius 2 is 2.12 bits per heavy atom. The fourth-order valence-electron chi connectivity index (χ4n) is 1.37. The summed E-state index contributed by atoms with van der Waals surface area (Å²) in [6.45, 7) is 0. The summed E-state index contributed by atoms with van der Waals surface area (Å²) in [5, 5.41) is 0. The van der Waals surface area contributed by atoms with Gasteiger partial charge in [0.2, 0.25) is 0 Å². The Morgan fingerprint density at radius 1 is 1.31 bits per heavy atom. The van der Waals surface area contributed by atoms with Crippen LogP contribution in [-0.2, 0) is 0 Å². The van der Waals surface area contributed by atoms with Crippen LogP contribution in [0.5, 0.6) is 5.75 Å². The quantitative estimate of drug-likeness (QED) is 0.810. The van der Waals surface area contributed by atoms with Crippen LogP contribution < -0.4 is 4.74 Å². The minimum absolute atomic E-state index is 0.0721. The van der Waals surface area contributed by atoms with Crippen LogP contribution in [0.25, 0.3) is 0 Å². The summed E-state index contributed by atoms with van der Waals surface area (Å²) in [6.07, 6.45) is 2.91. The lowest BCUT2D eigenvalue weighted by molar-refractivity contribution is 0.103. The lowest BCUT2D eigenvalue weighted by Crippen LogP contribution is -1.99. The van der Waals surface area contributed by atoms with E-state index >= 15 is 0 Å². The maximum atomic E-state index is 11.9. The molecule has 0 atom stereocenters. The van der Waals surface area contributed by atoms with Crippen LogP contribution in [0.3, 0.4) is 0 Å². The van der Waals surface area contributed by atoms with E-state index in [1.165, 1.54) is 12.5 Å². The fraction of sp³-hybridized carbons (Fsp3) is 0.0833. The van der Waals surface area contributed by atoms with Crippen molar-refractivity contribution in [3.63, 3.8) is 0 Å². The molecule has 3 nitrogen and oxygen atoms in total. The summed E-state index contributed by atoms with van der Waals surface area (Å²) in [5.41, 5.74) is 1.13. The second kappa shape index (κ2) is 4.53. The van der Waals surface area contributed by atoms with Gasteiger partial charge in [-0.05, 0) is 40.2 Å². The van der Waals surface area contributed by atoms with Crippen LogP contribution >= 0.6 is 15.9 Å². The number of benzene rings is 1. The summed E-state index contributed by atoms with van der Waals surface area (Å²) >= 11 is 3.34. The van der Waals surface area contributed by atoms with Gasteiger partial charge in [-0.1, -0.05) is 0 Å². The summed E-state index contributed by atoms with van der Waals surface area (Å²) in [7, 11) is 1.58. The number of ketones is 1. The normalized spacial score (nSPS) is 10.1. The Labute approximate surface area is 101 Å². The summed E-state index contributed by atoms with van der Waals surface area (Å²) in [4.78, 5) is 11.9. The van der Waals surface area contributed by atoms with Crippen molar-refractivity contribution in [2.24, 2.45) is 0 Å². The van der Waals surface area contributed by atoms with Gasteiger partial charge in [0.05, 0.1) is 23.4 Å². The monoisotopic (exact) mass is 280 g/mol. The third-order valence-corrected chi connectivity index (χ3v) is 2.82. The van der Waals surface area contributed by atoms with Gasteiger partial charge in [0.15, 0.2) is 5.78 Å². The highest BCUT2D eigenvalue weighted by Crippen LogP contribution is 2.26. The number of methoxy groups -OCH3 is 1. The molecular formula is C12H9BrO3. The lowest BCUT2D eigenvalue weighted by atomic mass is 10.1. The van der Waals surface area contributed by atoms with Crippen molar-refractivity contribution in [1.29, 1.82) is 0 Å². The molecule has 0 saturated heterocycles. The molecule has 0 amide bonds. The number of hydrogen-bond acceptors (Lipinski definition) is 3. The maximum Gasteiger partial charge on any atom is 0.196 e. The second-order valence-electron chi connectivity index (χ2n) is 3.19. The van der Waals surface area contributed by atoms with Crippen molar-refractivity contribution in [1.82, 2.24) is 0 Å². The van der Waals surface area contributed by atoms with Crippen molar-refractivity contribution < 1.29 is 13.9 Å². The SMILES string of the molecule is COc1ccc(C(=O)c2ccoc2)cc1Br. The van der Waals surface area contributed by atoms with Crippen LogP contribution in [0, 0.1) is 0 Å². The molecule has 1 aromatic carbocycles. The van der Waals surface area contributed by atoms with Gasteiger partial charge in [0.1, 0.15) is 12.0 Å². The van der Waals surface area contributed by atoms with Gasteiger partial charge < -0.3 is 9.15 Å². The Balaban J connectivity index is 2.35. The van der Waals surface area contributed by atoms with E-state index < -0.39 is 0 Å². The van der Waals surface area contributed by atoms with Crippen LogP contribution in [0.15, 0.2) is 45.7 Å². The average Bonchev–Trinajstić information content (AvgIpc) is 2.81. The number of ether oxygens (including phenoxy) is 1. The zero-order chi connectivity index (χ0) is 11.5. The Hall–Kier alpha value is -1.55. The molecule has 1 heterocycles. The molecule has 16 heavy (non-hydrogen) atoms. The molecule has 0 aliphatic rings. The zero-order valence-electron chi connectivity index (χ0n) is 8.57. The van der Waals surface area contributed by atoms with Gasteiger partial charge in [0, 0.05) is 5.56 Å². The summed E-state index contributed by atoms with van der Waals surface area (Å²) in [6, 6.07) is 6.84. The molecule has 0 aliphatic carbocycles. The highest BCUT2D eigenvalue weighted by molar-refractivity contribution is 9.10. The van der Waals surface area contributed by atoms with E-state index in [4.69, 9.17) is 9.15 Å². The average molecular weight is 281 g/mol. The van der Waals surface area contributed by atoms with E-state index in [1.807, 2.05) is 0 Å². The summed E-state index contributed by atoms with van der Waals surface area (Å²) in [5.74, 6) is 0.626. The molecular weight excluding hydrogens is 272 g/mol. The van der Waals surface area contributed by atoms with Crippen molar-refractivity contribution in [2.75, 3.05) is 7.11 Å². The van der Waals surface area contributed by atoms with Crippen LogP contribution in [0.1, 0.15) is 15.9 Å². The lowest BCUT2D eigenvalue weighted by Gasteiger charge is -2.04. The molecule has 0 fully saturated rings. The largest absolute Gasteiger partial charge is 0.496 e. The molecule has 0 radical (unpaired) electrons. The van der Waals surface area contributed by atoms with E-state index in [9.17, 15) is 4.79 Å². The molecule has 0 unspecified atom stereocenters. The van der Waals surface area contributed by atoms with Crippen LogP contribution in [0.2, 0.25) is 0 Å². The van der Waals surface area contributed by atoms with Crippen LogP contribution in [-0.4, -0.2) is 12.9 Å².